The second-order valence-electron chi connectivity index (χ2n) is 4.68. The van der Waals surface area contributed by atoms with Crippen LogP contribution in [-0.2, 0) is 9.59 Å². The SMILES string of the molecule is CCCC(C)(N)C(=O)NCC1CCC(=O)N1. The average Bonchev–Trinajstić information content (AvgIpc) is 2.60. The van der Waals surface area contributed by atoms with Crippen LogP contribution < -0.4 is 16.4 Å². The molecule has 4 N–H and O–H groups in total. The maximum Gasteiger partial charge on any atom is 0.239 e. The van der Waals surface area contributed by atoms with Gasteiger partial charge in [-0.1, -0.05) is 13.3 Å². The highest BCUT2D eigenvalue weighted by atomic mass is 16.2. The van der Waals surface area contributed by atoms with Crippen molar-refractivity contribution in [2.75, 3.05) is 6.54 Å². The van der Waals surface area contributed by atoms with Crippen molar-refractivity contribution in [1.29, 1.82) is 0 Å². The van der Waals surface area contributed by atoms with E-state index in [0.29, 0.717) is 19.4 Å². The van der Waals surface area contributed by atoms with Crippen molar-refractivity contribution in [2.24, 2.45) is 5.73 Å². The number of nitrogens with two attached hydrogens (primary N) is 1. The van der Waals surface area contributed by atoms with E-state index >= 15 is 0 Å². The fourth-order valence-corrected chi connectivity index (χ4v) is 1.88. The summed E-state index contributed by atoms with van der Waals surface area (Å²) in [6, 6.07) is 0.0638. The first-order chi connectivity index (χ1) is 7.45. The van der Waals surface area contributed by atoms with E-state index < -0.39 is 5.54 Å². The Hall–Kier alpha value is -1.10. The molecule has 16 heavy (non-hydrogen) atoms. The van der Waals surface area contributed by atoms with E-state index in [1.54, 1.807) is 6.92 Å². The van der Waals surface area contributed by atoms with Gasteiger partial charge in [0.15, 0.2) is 0 Å². The molecule has 0 radical (unpaired) electrons. The van der Waals surface area contributed by atoms with Crippen LogP contribution in [0.3, 0.4) is 0 Å². The van der Waals surface area contributed by atoms with Gasteiger partial charge in [0.2, 0.25) is 11.8 Å². The molecule has 1 aliphatic rings. The van der Waals surface area contributed by atoms with Gasteiger partial charge in [0.25, 0.3) is 0 Å². The van der Waals surface area contributed by atoms with E-state index in [2.05, 4.69) is 10.6 Å². The summed E-state index contributed by atoms with van der Waals surface area (Å²) in [6.45, 7) is 4.20. The summed E-state index contributed by atoms with van der Waals surface area (Å²) in [4.78, 5) is 22.7. The van der Waals surface area contributed by atoms with E-state index in [-0.39, 0.29) is 17.9 Å². The summed E-state index contributed by atoms with van der Waals surface area (Å²) in [5.41, 5.74) is 5.08. The van der Waals surface area contributed by atoms with Gasteiger partial charge in [0, 0.05) is 19.0 Å². The number of carbonyl (C=O) groups excluding carboxylic acids is 2. The minimum Gasteiger partial charge on any atom is -0.352 e. The van der Waals surface area contributed by atoms with E-state index in [4.69, 9.17) is 5.73 Å². The van der Waals surface area contributed by atoms with E-state index in [1.165, 1.54) is 0 Å². The Labute approximate surface area is 96.1 Å². The lowest BCUT2D eigenvalue weighted by Gasteiger charge is -2.23. The minimum absolute atomic E-state index is 0.0586. The Kier molecular flexibility index (Phi) is 4.29. The van der Waals surface area contributed by atoms with Crippen molar-refractivity contribution >= 4 is 11.8 Å². The van der Waals surface area contributed by atoms with Crippen LogP contribution in [0.4, 0.5) is 0 Å². The Bertz CT molecular complexity index is 276. The van der Waals surface area contributed by atoms with Crippen molar-refractivity contribution < 1.29 is 9.59 Å². The predicted octanol–water partition coefficient (Wildman–Crippen LogP) is -0.101. The molecule has 0 spiro atoms. The van der Waals surface area contributed by atoms with Gasteiger partial charge in [-0.15, -0.1) is 0 Å². The van der Waals surface area contributed by atoms with Gasteiger partial charge in [-0.05, 0) is 19.8 Å². The van der Waals surface area contributed by atoms with Gasteiger partial charge in [0.1, 0.15) is 0 Å². The smallest absolute Gasteiger partial charge is 0.239 e. The largest absolute Gasteiger partial charge is 0.352 e. The van der Waals surface area contributed by atoms with Crippen LogP contribution in [0.2, 0.25) is 0 Å². The van der Waals surface area contributed by atoms with Gasteiger partial charge in [-0.2, -0.15) is 0 Å². The molecule has 0 aromatic heterocycles. The summed E-state index contributed by atoms with van der Waals surface area (Å²) in [5, 5.41) is 5.59. The first-order valence-corrected chi connectivity index (χ1v) is 5.82. The molecule has 0 bridgehead atoms. The molecule has 0 aromatic rings. The second kappa shape index (κ2) is 5.30. The van der Waals surface area contributed by atoms with Crippen LogP contribution in [0.15, 0.2) is 0 Å². The van der Waals surface area contributed by atoms with Crippen LogP contribution in [0.1, 0.15) is 39.5 Å². The van der Waals surface area contributed by atoms with Crippen molar-refractivity contribution in [2.45, 2.75) is 51.1 Å². The van der Waals surface area contributed by atoms with Crippen molar-refractivity contribution in [1.82, 2.24) is 10.6 Å². The van der Waals surface area contributed by atoms with Crippen LogP contribution in [0.25, 0.3) is 0 Å². The fraction of sp³-hybridized carbons (Fsp3) is 0.818. The van der Waals surface area contributed by atoms with Gasteiger partial charge in [0.05, 0.1) is 5.54 Å². The van der Waals surface area contributed by atoms with Gasteiger partial charge in [-0.3, -0.25) is 9.59 Å². The summed E-state index contributed by atoms with van der Waals surface area (Å²) in [5.74, 6) is -0.0844. The van der Waals surface area contributed by atoms with Gasteiger partial charge >= 0.3 is 0 Å². The zero-order valence-corrected chi connectivity index (χ0v) is 10.0. The lowest BCUT2D eigenvalue weighted by Crippen LogP contribution is -2.53. The van der Waals surface area contributed by atoms with E-state index in [9.17, 15) is 9.59 Å². The molecule has 1 rings (SSSR count). The number of amides is 2. The van der Waals surface area contributed by atoms with Crippen molar-refractivity contribution in [3.05, 3.63) is 0 Å². The summed E-state index contributed by atoms with van der Waals surface area (Å²) >= 11 is 0. The minimum atomic E-state index is -0.808. The Morgan fingerprint density at radius 1 is 1.69 bits per heavy atom. The third-order valence-corrected chi connectivity index (χ3v) is 2.88. The molecule has 0 aromatic carbocycles. The highest BCUT2D eigenvalue weighted by molar-refractivity contribution is 5.85. The monoisotopic (exact) mass is 227 g/mol. The lowest BCUT2D eigenvalue weighted by molar-refractivity contribution is -0.126. The lowest BCUT2D eigenvalue weighted by atomic mass is 9.96. The van der Waals surface area contributed by atoms with Crippen molar-refractivity contribution in [3.8, 4) is 0 Å². The van der Waals surface area contributed by atoms with Crippen LogP contribution in [0.5, 0.6) is 0 Å². The van der Waals surface area contributed by atoms with Gasteiger partial charge in [-0.25, -0.2) is 0 Å². The zero-order chi connectivity index (χ0) is 12.2. The molecule has 0 aliphatic carbocycles. The molecular weight excluding hydrogens is 206 g/mol. The molecule has 2 atom stereocenters. The second-order valence-corrected chi connectivity index (χ2v) is 4.68. The standard InChI is InChI=1S/C11H21N3O2/c1-3-6-11(2,12)10(16)13-7-8-4-5-9(15)14-8/h8H,3-7,12H2,1-2H3,(H,13,16)(H,14,15). The van der Waals surface area contributed by atoms with Crippen LogP contribution in [0, 0.1) is 0 Å². The Morgan fingerprint density at radius 3 is 2.88 bits per heavy atom. The molecule has 1 aliphatic heterocycles. The first-order valence-electron chi connectivity index (χ1n) is 5.82. The molecule has 2 amide bonds. The molecular formula is C11H21N3O2. The van der Waals surface area contributed by atoms with E-state index in [0.717, 1.165) is 12.8 Å². The predicted molar refractivity (Wildman–Crippen MR) is 61.7 cm³/mol. The summed E-state index contributed by atoms with van der Waals surface area (Å²) in [6.07, 6.45) is 2.88. The molecule has 2 unspecified atom stereocenters. The number of nitrogens with one attached hydrogen (secondary N) is 2. The highest BCUT2D eigenvalue weighted by Gasteiger charge is 2.28. The van der Waals surface area contributed by atoms with E-state index in [1.807, 2.05) is 6.92 Å². The summed E-state index contributed by atoms with van der Waals surface area (Å²) < 4.78 is 0. The van der Waals surface area contributed by atoms with Crippen LogP contribution in [-0.4, -0.2) is 29.9 Å². The molecule has 5 heteroatoms. The third-order valence-electron chi connectivity index (χ3n) is 2.88. The molecule has 92 valence electrons. The molecule has 1 fully saturated rings. The first kappa shape index (κ1) is 13.0. The number of hydrogen-bond donors (Lipinski definition) is 3. The molecule has 0 saturated carbocycles. The highest BCUT2D eigenvalue weighted by Crippen LogP contribution is 2.09. The zero-order valence-electron chi connectivity index (χ0n) is 10.0. The average molecular weight is 227 g/mol. The Morgan fingerprint density at radius 2 is 2.38 bits per heavy atom. The quantitative estimate of drug-likeness (QED) is 0.613. The van der Waals surface area contributed by atoms with Gasteiger partial charge < -0.3 is 16.4 Å². The number of hydrogen-bond acceptors (Lipinski definition) is 3. The number of rotatable bonds is 5. The third kappa shape index (κ3) is 3.48. The molecule has 5 nitrogen and oxygen atoms in total. The fourth-order valence-electron chi connectivity index (χ4n) is 1.88. The summed E-state index contributed by atoms with van der Waals surface area (Å²) in [7, 11) is 0. The number of carbonyl (C=O) groups is 2. The molecule has 1 saturated heterocycles. The Balaban J connectivity index is 2.32. The topological polar surface area (TPSA) is 84.2 Å². The normalized spacial score (nSPS) is 23.7. The maximum absolute atomic E-state index is 11.7. The molecule has 1 heterocycles. The van der Waals surface area contributed by atoms with Crippen LogP contribution >= 0.6 is 0 Å². The van der Waals surface area contributed by atoms with Crippen molar-refractivity contribution in [3.63, 3.8) is 0 Å². The maximum atomic E-state index is 11.7.